The van der Waals surface area contributed by atoms with Crippen molar-refractivity contribution in [3.05, 3.63) is 71.5 Å². The van der Waals surface area contributed by atoms with Crippen LogP contribution in [0.25, 0.3) is 0 Å². The van der Waals surface area contributed by atoms with Crippen LogP contribution in [0.1, 0.15) is 43.1 Å². The normalized spacial score (nSPS) is 15.5. The van der Waals surface area contributed by atoms with Gasteiger partial charge >= 0.3 is 6.09 Å². The number of hydrogen-bond donors (Lipinski definition) is 1. The van der Waals surface area contributed by atoms with Crippen molar-refractivity contribution in [3.8, 4) is 0 Å². The molecule has 0 spiro atoms. The molecule has 33 heavy (non-hydrogen) atoms. The Labute approximate surface area is 195 Å². The second kappa shape index (κ2) is 11.4. The average molecular weight is 457 g/mol. The second-order valence-electron chi connectivity index (χ2n) is 9.44. The summed E-state index contributed by atoms with van der Waals surface area (Å²) in [5.41, 5.74) is 1.14. The minimum Gasteiger partial charge on any atom is -0.445 e. The van der Waals surface area contributed by atoms with Gasteiger partial charge in [0.25, 0.3) is 0 Å². The predicted molar refractivity (Wildman–Crippen MR) is 125 cm³/mol. The lowest BCUT2D eigenvalue weighted by atomic mass is 9.90. The zero-order valence-corrected chi connectivity index (χ0v) is 19.6. The monoisotopic (exact) mass is 456 g/mol. The Balaban J connectivity index is 1.45. The zero-order chi connectivity index (χ0) is 23.8. The number of likely N-dealkylation sites (tertiary alicyclic amines) is 1. The summed E-state index contributed by atoms with van der Waals surface area (Å²) < 4.78 is 24.3. The van der Waals surface area contributed by atoms with Crippen molar-refractivity contribution >= 4 is 11.9 Å². The largest absolute Gasteiger partial charge is 0.445 e. The Morgan fingerprint density at radius 2 is 1.76 bits per heavy atom. The number of ether oxygens (including phenoxy) is 2. The van der Waals surface area contributed by atoms with Crippen LogP contribution in [0.4, 0.5) is 9.18 Å². The highest BCUT2D eigenvalue weighted by atomic mass is 19.1. The number of carbonyl (C=O) groups is 2. The highest BCUT2D eigenvalue weighted by molar-refractivity contribution is 5.98. The van der Waals surface area contributed by atoms with Crippen LogP contribution in [-0.4, -0.2) is 54.7 Å². The lowest BCUT2D eigenvalue weighted by Gasteiger charge is -2.39. The van der Waals surface area contributed by atoms with Crippen LogP contribution in [0.15, 0.2) is 54.6 Å². The second-order valence-corrected chi connectivity index (χ2v) is 9.44. The molecule has 2 aromatic rings. The maximum absolute atomic E-state index is 13.1. The van der Waals surface area contributed by atoms with Crippen molar-refractivity contribution in [1.82, 2.24) is 10.2 Å². The number of nitrogens with one attached hydrogen (secondary N) is 1. The summed E-state index contributed by atoms with van der Waals surface area (Å²) in [4.78, 5) is 27.0. The Morgan fingerprint density at radius 3 is 2.39 bits per heavy atom. The van der Waals surface area contributed by atoms with Crippen molar-refractivity contribution in [2.45, 2.75) is 45.4 Å². The van der Waals surface area contributed by atoms with Crippen molar-refractivity contribution in [1.29, 1.82) is 0 Å². The van der Waals surface area contributed by atoms with Crippen LogP contribution >= 0.6 is 0 Å². The quantitative estimate of drug-likeness (QED) is 0.536. The van der Waals surface area contributed by atoms with Gasteiger partial charge in [-0.15, -0.1) is 0 Å². The summed E-state index contributed by atoms with van der Waals surface area (Å²) >= 11 is 0. The number of hydrogen-bond acceptors (Lipinski definition) is 5. The smallest absolute Gasteiger partial charge is 0.407 e. The molecule has 1 amide bonds. The van der Waals surface area contributed by atoms with E-state index in [9.17, 15) is 14.0 Å². The van der Waals surface area contributed by atoms with E-state index in [1.54, 1.807) is 0 Å². The van der Waals surface area contributed by atoms with E-state index >= 15 is 0 Å². The minimum atomic E-state index is -0.477. The number of carbonyl (C=O) groups excluding carboxylic acids is 2. The van der Waals surface area contributed by atoms with Gasteiger partial charge in [0.2, 0.25) is 0 Å². The number of halogens is 1. The molecule has 1 atom stereocenters. The van der Waals surface area contributed by atoms with E-state index in [-0.39, 0.29) is 35.8 Å². The maximum atomic E-state index is 13.1. The van der Waals surface area contributed by atoms with Crippen LogP contribution in [0.5, 0.6) is 0 Å². The molecule has 1 aliphatic heterocycles. The van der Waals surface area contributed by atoms with E-state index < -0.39 is 6.09 Å². The standard InChI is InChI=1S/C26H33FN2O4/c1-26(2,3)33-18-23(28-25(31)32-17-19-7-5-4-6-8-19)13-14-29-15-21(16-29)24(30)20-9-11-22(27)12-10-20/h4-12,21,23H,13-18H2,1-3H3,(H,28,31)/t23-/m0/s1. The highest BCUT2D eigenvalue weighted by Gasteiger charge is 2.33. The fraction of sp³-hybridized carbons (Fsp3) is 0.462. The topological polar surface area (TPSA) is 67.9 Å². The SMILES string of the molecule is CC(C)(C)OC[C@H](CCN1CC(C(=O)c2ccc(F)cc2)C1)NC(=O)OCc1ccccc1. The van der Waals surface area contributed by atoms with Gasteiger partial charge in [-0.25, -0.2) is 9.18 Å². The molecular weight excluding hydrogens is 423 g/mol. The van der Waals surface area contributed by atoms with Crippen molar-refractivity contribution in [2.24, 2.45) is 5.92 Å². The molecule has 7 heteroatoms. The first-order chi connectivity index (χ1) is 15.7. The first-order valence-corrected chi connectivity index (χ1v) is 11.3. The van der Waals surface area contributed by atoms with E-state index in [2.05, 4.69) is 10.2 Å². The molecule has 6 nitrogen and oxygen atoms in total. The molecule has 1 fully saturated rings. The summed E-state index contributed by atoms with van der Waals surface area (Å²) in [5.74, 6) is -0.384. The molecule has 1 saturated heterocycles. The van der Waals surface area contributed by atoms with Crippen LogP contribution in [0.3, 0.4) is 0 Å². The lowest BCUT2D eigenvalue weighted by molar-refractivity contribution is -0.0180. The van der Waals surface area contributed by atoms with Gasteiger partial charge in [0, 0.05) is 31.1 Å². The molecule has 1 aliphatic rings. The van der Waals surface area contributed by atoms with E-state index in [4.69, 9.17) is 9.47 Å². The molecule has 0 aromatic heterocycles. The lowest BCUT2D eigenvalue weighted by Crippen LogP contribution is -2.52. The van der Waals surface area contributed by atoms with Gasteiger partial charge in [-0.2, -0.15) is 0 Å². The van der Waals surface area contributed by atoms with Crippen LogP contribution in [0.2, 0.25) is 0 Å². The van der Waals surface area contributed by atoms with Crippen molar-refractivity contribution < 1.29 is 23.5 Å². The Kier molecular flexibility index (Phi) is 8.58. The van der Waals surface area contributed by atoms with E-state index in [1.165, 1.54) is 24.3 Å². The zero-order valence-electron chi connectivity index (χ0n) is 19.6. The fourth-order valence-electron chi connectivity index (χ4n) is 3.59. The molecule has 0 unspecified atom stereocenters. The molecule has 0 aliphatic carbocycles. The molecule has 0 saturated carbocycles. The van der Waals surface area contributed by atoms with Gasteiger partial charge in [0.1, 0.15) is 12.4 Å². The van der Waals surface area contributed by atoms with Crippen molar-refractivity contribution in [3.63, 3.8) is 0 Å². The number of amides is 1. The molecule has 1 heterocycles. The van der Waals surface area contributed by atoms with Gasteiger partial charge in [-0.05, 0) is 57.0 Å². The molecular formula is C26H33FN2O4. The van der Waals surface area contributed by atoms with Gasteiger partial charge in [-0.3, -0.25) is 4.79 Å². The molecule has 0 bridgehead atoms. The molecule has 178 valence electrons. The first kappa shape index (κ1) is 24.9. The van der Waals surface area contributed by atoms with Gasteiger partial charge in [0.05, 0.1) is 18.2 Å². The Hall–Kier alpha value is -2.77. The summed E-state index contributed by atoms with van der Waals surface area (Å²) in [5, 5.41) is 2.91. The average Bonchev–Trinajstić information content (AvgIpc) is 2.75. The molecule has 2 aromatic carbocycles. The maximum Gasteiger partial charge on any atom is 0.407 e. The fourth-order valence-corrected chi connectivity index (χ4v) is 3.59. The van der Waals surface area contributed by atoms with Gasteiger partial charge in [0.15, 0.2) is 5.78 Å². The number of nitrogens with zero attached hydrogens (tertiary/aromatic N) is 1. The minimum absolute atomic E-state index is 0.0430. The Bertz CT molecular complexity index is 906. The molecule has 1 N–H and O–H groups in total. The summed E-state index contributed by atoms with van der Waals surface area (Å²) in [7, 11) is 0. The number of rotatable bonds is 10. The van der Waals surface area contributed by atoms with Crippen LogP contribution in [0, 0.1) is 11.7 Å². The van der Waals surface area contributed by atoms with E-state index in [0.29, 0.717) is 31.7 Å². The third-order valence-corrected chi connectivity index (χ3v) is 5.50. The number of benzene rings is 2. The van der Waals surface area contributed by atoms with Crippen molar-refractivity contribution in [2.75, 3.05) is 26.2 Å². The third-order valence-electron chi connectivity index (χ3n) is 5.50. The van der Waals surface area contributed by atoms with Gasteiger partial charge in [-0.1, -0.05) is 30.3 Å². The van der Waals surface area contributed by atoms with Crippen LogP contribution in [-0.2, 0) is 16.1 Å². The van der Waals surface area contributed by atoms with E-state index in [0.717, 1.165) is 12.1 Å². The predicted octanol–water partition coefficient (Wildman–Crippen LogP) is 4.44. The number of ketones is 1. The van der Waals surface area contributed by atoms with Gasteiger partial charge < -0.3 is 19.7 Å². The number of Topliss-reactive ketones (excluding diaryl/α,β-unsaturated/α-hetero) is 1. The summed E-state index contributed by atoms with van der Waals surface area (Å²) in [6.45, 7) is 8.53. The van der Waals surface area contributed by atoms with E-state index in [1.807, 2.05) is 51.1 Å². The highest BCUT2D eigenvalue weighted by Crippen LogP contribution is 2.21. The van der Waals surface area contributed by atoms with Crippen LogP contribution < -0.4 is 5.32 Å². The Morgan fingerprint density at radius 1 is 1.09 bits per heavy atom. The third kappa shape index (κ3) is 8.26. The first-order valence-electron chi connectivity index (χ1n) is 11.3. The molecule has 3 rings (SSSR count). The summed E-state index contributed by atoms with van der Waals surface area (Å²) in [6.07, 6.45) is 0.197. The summed E-state index contributed by atoms with van der Waals surface area (Å²) in [6, 6.07) is 15.0. The molecule has 0 radical (unpaired) electrons. The number of alkyl carbamates (subject to hydrolysis) is 1.